The van der Waals surface area contributed by atoms with Crippen LogP contribution in [0.2, 0.25) is 0 Å². The van der Waals surface area contributed by atoms with Crippen LogP contribution >= 0.6 is 0 Å². The second-order valence-electron chi connectivity index (χ2n) is 12.6. The van der Waals surface area contributed by atoms with Crippen molar-refractivity contribution in [2.45, 2.75) is 132 Å². The molecule has 224 valence electrons. The number of esters is 1. The molecular formula is C33H45NO7. The standard InChI is InChI=1S/C33H45NO7/c1-23(2)33(30(35)36-3,21-13-16-24-14-7-4-8-15-24)34-22-25-26-27(39-31(38-26)17-9-5-10-18-31)28-29(37-25)41-32(40-28)19-11-6-12-20-32/h4,7-8,13-16,22-23,25-29H,5-6,9-12,17-21H2,1-3H3/b16-13+,34-22?/t25-,26+,27+,28-,29-,33-/m1/s1. The fourth-order valence-corrected chi connectivity index (χ4v) is 7.24. The average Bonchev–Trinajstić information content (AvgIpc) is 3.53. The van der Waals surface area contributed by atoms with E-state index in [1.807, 2.05) is 56.3 Å². The summed E-state index contributed by atoms with van der Waals surface area (Å²) in [6.07, 6.45) is 14.1. The van der Waals surface area contributed by atoms with E-state index in [-0.39, 0.29) is 24.1 Å². The summed E-state index contributed by atoms with van der Waals surface area (Å²) in [6.45, 7) is 4.00. The highest BCUT2D eigenvalue weighted by Crippen LogP contribution is 2.50. The van der Waals surface area contributed by atoms with Crippen LogP contribution in [-0.4, -0.2) is 67.1 Å². The summed E-state index contributed by atoms with van der Waals surface area (Å²) < 4.78 is 38.6. The second kappa shape index (κ2) is 11.9. The predicted molar refractivity (Wildman–Crippen MR) is 154 cm³/mol. The lowest BCUT2D eigenvalue weighted by molar-refractivity contribution is -0.240. The molecule has 2 spiro atoms. The largest absolute Gasteiger partial charge is 0.467 e. The van der Waals surface area contributed by atoms with Gasteiger partial charge in [0.05, 0.1) is 7.11 Å². The number of rotatable bonds is 7. The molecule has 6 rings (SSSR count). The van der Waals surface area contributed by atoms with Gasteiger partial charge in [-0.25, -0.2) is 4.79 Å². The fraction of sp³-hybridized carbons (Fsp3) is 0.697. The maximum atomic E-state index is 13.3. The molecule has 1 aromatic rings. The van der Waals surface area contributed by atoms with Crippen molar-refractivity contribution in [1.29, 1.82) is 0 Å². The van der Waals surface area contributed by atoms with Crippen molar-refractivity contribution >= 4 is 18.3 Å². The topological polar surface area (TPSA) is 84.8 Å². The van der Waals surface area contributed by atoms with E-state index in [0.717, 1.165) is 56.9 Å². The zero-order chi connectivity index (χ0) is 28.5. The second-order valence-corrected chi connectivity index (χ2v) is 12.6. The van der Waals surface area contributed by atoms with Crippen LogP contribution < -0.4 is 0 Å². The summed E-state index contributed by atoms with van der Waals surface area (Å²) in [4.78, 5) is 18.3. The molecule has 0 bridgehead atoms. The van der Waals surface area contributed by atoms with Gasteiger partial charge in [-0.2, -0.15) is 0 Å². The molecule has 6 atom stereocenters. The highest BCUT2D eigenvalue weighted by molar-refractivity contribution is 5.84. The highest BCUT2D eigenvalue weighted by Gasteiger charge is 2.63. The first-order valence-electron chi connectivity index (χ1n) is 15.6. The van der Waals surface area contributed by atoms with Crippen molar-refractivity contribution in [3.63, 3.8) is 0 Å². The number of carbonyl (C=O) groups is 1. The van der Waals surface area contributed by atoms with Crippen molar-refractivity contribution in [3.8, 4) is 0 Å². The molecule has 1 aromatic carbocycles. The van der Waals surface area contributed by atoms with E-state index in [9.17, 15) is 4.79 Å². The Bertz CT molecular complexity index is 1110. The van der Waals surface area contributed by atoms with Gasteiger partial charge in [0, 0.05) is 38.3 Å². The molecule has 5 aliphatic rings. The molecule has 41 heavy (non-hydrogen) atoms. The van der Waals surface area contributed by atoms with Gasteiger partial charge in [-0.05, 0) is 37.2 Å². The SMILES string of the molecule is COC(=O)[C@](C/C=C/c1ccccc1)(N=C[C@H]1O[C@@H]2OC3(CCCCC3)O[C@@H]2[C@H]2OC3(CCCCC3)O[C@H]21)C(C)C. The van der Waals surface area contributed by atoms with E-state index in [0.29, 0.717) is 6.42 Å². The first-order valence-corrected chi connectivity index (χ1v) is 15.6. The molecule has 8 heteroatoms. The first-order chi connectivity index (χ1) is 19.9. The monoisotopic (exact) mass is 567 g/mol. The van der Waals surface area contributed by atoms with E-state index >= 15 is 0 Å². The maximum Gasteiger partial charge on any atom is 0.334 e. The summed E-state index contributed by atoms with van der Waals surface area (Å²) in [5, 5.41) is 0. The molecule has 0 amide bonds. The Balaban J connectivity index is 1.29. The van der Waals surface area contributed by atoms with Gasteiger partial charge in [0.1, 0.15) is 24.4 Å². The van der Waals surface area contributed by atoms with Crippen LogP contribution in [0.25, 0.3) is 6.08 Å². The van der Waals surface area contributed by atoms with E-state index in [4.69, 9.17) is 33.4 Å². The zero-order valence-electron chi connectivity index (χ0n) is 24.7. The molecule has 8 nitrogen and oxygen atoms in total. The minimum absolute atomic E-state index is 0.124. The number of fused-ring (bicyclic) bond motifs is 3. The molecule has 0 N–H and O–H groups in total. The third kappa shape index (κ3) is 5.66. The van der Waals surface area contributed by atoms with Crippen LogP contribution in [0, 0.1) is 5.92 Å². The quantitative estimate of drug-likeness (QED) is 0.296. The predicted octanol–water partition coefficient (Wildman–Crippen LogP) is 5.97. The number of hydrogen-bond acceptors (Lipinski definition) is 8. The lowest BCUT2D eigenvalue weighted by Gasteiger charge is -2.36. The molecule has 3 aliphatic heterocycles. The first kappa shape index (κ1) is 29.0. The Hall–Kier alpha value is -2.10. The van der Waals surface area contributed by atoms with Crippen LogP contribution in [-0.2, 0) is 33.2 Å². The summed E-state index contributed by atoms with van der Waals surface area (Å²) in [5.74, 6) is -1.74. The number of ether oxygens (including phenoxy) is 6. The van der Waals surface area contributed by atoms with Gasteiger partial charge < -0.3 is 28.4 Å². The van der Waals surface area contributed by atoms with Crippen LogP contribution in [0.4, 0.5) is 0 Å². The molecule has 3 heterocycles. The van der Waals surface area contributed by atoms with E-state index < -0.39 is 35.6 Å². The molecule has 3 saturated heterocycles. The number of carbonyl (C=O) groups excluding carboxylic acids is 1. The van der Waals surface area contributed by atoms with Crippen LogP contribution in [0.3, 0.4) is 0 Å². The molecule has 2 saturated carbocycles. The van der Waals surface area contributed by atoms with Crippen molar-refractivity contribution in [1.82, 2.24) is 0 Å². The Morgan fingerprint density at radius 1 is 0.927 bits per heavy atom. The molecule has 0 unspecified atom stereocenters. The van der Waals surface area contributed by atoms with E-state index in [2.05, 4.69) is 0 Å². The van der Waals surface area contributed by atoms with E-state index in [1.165, 1.54) is 20.0 Å². The van der Waals surface area contributed by atoms with Crippen LogP contribution in [0.1, 0.15) is 90.0 Å². The summed E-state index contributed by atoms with van der Waals surface area (Å²) in [7, 11) is 1.42. The molecular weight excluding hydrogens is 522 g/mol. The average molecular weight is 568 g/mol. The number of aliphatic imine (C=N–C) groups is 1. The Labute approximate surface area is 243 Å². The van der Waals surface area contributed by atoms with Crippen molar-refractivity contribution in [2.75, 3.05) is 7.11 Å². The molecule has 0 aromatic heterocycles. The van der Waals surface area contributed by atoms with Crippen molar-refractivity contribution in [2.24, 2.45) is 10.9 Å². The third-order valence-corrected chi connectivity index (χ3v) is 9.63. The van der Waals surface area contributed by atoms with Gasteiger partial charge in [-0.3, -0.25) is 4.99 Å². The van der Waals surface area contributed by atoms with Gasteiger partial charge >= 0.3 is 5.97 Å². The number of methoxy groups -OCH3 is 1. The minimum atomic E-state index is -1.12. The van der Waals surface area contributed by atoms with Crippen molar-refractivity contribution in [3.05, 3.63) is 42.0 Å². The maximum absolute atomic E-state index is 13.3. The number of nitrogens with zero attached hydrogens (tertiary/aromatic N) is 1. The lowest BCUT2D eigenvalue weighted by Crippen LogP contribution is -2.56. The van der Waals surface area contributed by atoms with Crippen LogP contribution in [0.15, 0.2) is 41.4 Å². The lowest BCUT2D eigenvalue weighted by atomic mass is 9.83. The highest BCUT2D eigenvalue weighted by atomic mass is 16.9. The minimum Gasteiger partial charge on any atom is -0.467 e. The number of benzene rings is 1. The third-order valence-electron chi connectivity index (χ3n) is 9.63. The summed E-state index contributed by atoms with van der Waals surface area (Å²) >= 11 is 0. The van der Waals surface area contributed by atoms with Crippen molar-refractivity contribution < 1.29 is 33.2 Å². The Kier molecular flexibility index (Phi) is 8.40. The Morgan fingerprint density at radius 2 is 1.54 bits per heavy atom. The van der Waals surface area contributed by atoms with Gasteiger partial charge in [-0.1, -0.05) is 69.2 Å². The number of hydrogen-bond donors (Lipinski definition) is 0. The molecule has 5 fully saturated rings. The van der Waals surface area contributed by atoms with Gasteiger partial charge in [-0.15, -0.1) is 0 Å². The van der Waals surface area contributed by atoms with Gasteiger partial charge in [0.25, 0.3) is 0 Å². The normalized spacial score (nSPS) is 33.8. The molecule has 0 radical (unpaired) electrons. The summed E-state index contributed by atoms with van der Waals surface area (Å²) in [6, 6.07) is 10.0. The molecule has 2 aliphatic carbocycles. The smallest absolute Gasteiger partial charge is 0.334 e. The fourth-order valence-electron chi connectivity index (χ4n) is 7.24. The Morgan fingerprint density at radius 3 is 2.17 bits per heavy atom. The summed E-state index contributed by atoms with van der Waals surface area (Å²) in [5.41, 5.74) is -0.0529. The van der Waals surface area contributed by atoms with Gasteiger partial charge in [0.2, 0.25) is 0 Å². The van der Waals surface area contributed by atoms with Crippen LogP contribution in [0.5, 0.6) is 0 Å². The van der Waals surface area contributed by atoms with E-state index in [1.54, 1.807) is 6.21 Å². The zero-order valence-corrected chi connectivity index (χ0v) is 24.7. The van der Waals surface area contributed by atoms with Gasteiger partial charge in [0.15, 0.2) is 23.4 Å².